The summed E-state index contributed by atoms with van der Waals surface area (Å²) in [6.45, 7) is 5.23. The molecule has 1 N–H and O–H groups in total. The maximum atomic E-state index is 4.77. The van der Waals surface area contributed by atoms with Gasteiger partial charge in [-0.05, 0) is 18.9 Å². The number of rotatable bonds is 5. The van der Waals surface area contributed by atoms with E-state index in [1.165, 1.54) is 23.4 Å². The lowest BCUT2D eigenvalue weighted by atomic mass is 10.2. The first kappa shape index (κ1) is 12.7. The van der Waals surface area contributed by atoms with E-state index in [0.717, 1.165) is 17.4 Å². The normalized spacial score (nSPS) is 15.1. The second kappa shape index (κ2) is 5.35. The van der Waals surface area contributed by atoms with Crippen LogP contribution < -0.4 is 5.32 Å². The van der Waals surface area contributed by atoms with Crippen molar-refractivity contribution in [1.29, 1.82) is 0 Å². The average molecular weight is 274 g/mol. The van der Waals surface area contributed by atoms with Gasteiger partial charge in [0.2, 0.25) is 0 Å². The number of thiazole rings is 1. The summed E-state index contributed by atoms with van der Waals surface area (Å²) >= 11 is 1.72. The van der Waals surface area contributed by atoms with E-state index in [1.807, 2.05) is 6.07 Å². The molecule has 1 aliphatic rings. The smallest absolute Gasteiger partial charge is 0.188 e. The number of nitrogens with one attached hydrogen (secondary N) is 1. The summed E-state index contributed by atoms with van der Waals surface area (Å²) in [6.07, 6.45) is 6.08. The zero-order valence-corrected chi connectivity index (χ0v) is 12.1. The van der Waals surface area contributed by atoms with E-state index in [-0.39, 0.29) is 0 Å². The van der Waals surface area contributed by atoms with Gasteiger partial charge >= 0.3 is 0 Å². The number of hydrogen-bond acceptors (Lipinski definition) is 5. The highest BCUT2D eigenvalue weighted by molar-refractivity contribution is 7.15. The van der Waals surface area contributed by atoms with Gasteiger partial charge < -0.3 is 5.32 Å². The van der Waals surface area contributed by atoms with Crippen molar-refractivity contribution in [3.8, 4) is 10.8 Å². The fraction of sp³-hybridized carbons (Fsp3) is 0.500. The maximum Gasteiger partial charge on any atom is 0.188 e. The lowest BCUT2D eigenvalue weighted by Crippen LogP contribution is -2.21. The van der Waals surface area contributed by atoms with Crippen LogP contribution >= 0.6 is 11.3 Å². The molecule has 2 aromatic rings. The van der Waals surface area contributed by atoms with Gasteiger partial charge in [0, 0.05) is 35.8 Å². The van der Waals surface area contributed by atoms with E-state index in [9.17, 15) is 0 Å². The molecule has 0 amide bonds. The molecule has 4 nitrogen and oxygen atoms in total. The van der Waals surface area contributed by atoms with Crippen LogP contribution in [0.2, 0.25) is 0 Å². The average Bonchev–Trinajstić information content (AvgIpc) is 3.17. The molecule has 5 heteroatoms. The van der Waals surface area contributed by atoms with Crippen LogP contribution in [0.5, 0.6) is 0 Å². The fourth-order valence-corrected chi connectivity index (χ4v) is 3.01. The van der Waals surface area contributed by atoms with Gasteiger partial charge in [0.05, 0.1) is 5.69 Å². The molecule has 0 saturated heterocycles. The monoisotopic (exact) mass is 274 g/mol. The van der Waals surface area contributed by atoms with E-state index >= 15 is 0 Å². The van der Waals surface area contributed by atoms with E-state index < -0.39 is 0 Å². The largest absolute Gasteiger partial charge is 0.310 e. The maximum absolute atomic E-state index is 4.77. The van der Waals surface area contributed by atoms with Crippen molar-refractivity contribution >= 4 is 11.3 Å². The first-order valence-electron chi connectivity index (χ1n) is 6.74. The zero-order chi connectivity index (χ0) is 13.2. The van der Waals surface area contributed by atoms with E-state index in [0.29, 0.717) is 12.0 Å². The number of nitrogens with zero attached hydrogens (tertiary/aromatic N) is 3. The summed E-state index contributed by atoms with van der Waals surface area (Å²) in [6, 6.07) is 2.32. The molecular weight excluding hydrogens is 256 g/mol. The summed E-state index contributed by atoms with van der Waals surface area (Å²) in [5, 5.41) is 4.43. The van der Waals surface area contributed by atoms with Crippen LogP contribution in [-0.2, 0) is 6.54 Å². The van der Waals surface area contributed by atoms with Crippen LogP contribution in [-0.4, -0.2) is 21.0 Å². The minimum atomic E-state index is 0.491. The Balaban J connectivity index is 1.88. The highest BCUT2D eigenvalue weighted by atomic mass is 32.1. The van der Waals surface area contributed by atoms with Gasteiger partial charge in [-0.3, -0.25) is 0 Å². The number of aromatic nitrogens is 3. The molecule has 0 aromatic carbocycles. The Morgan fingerprint density at radius 2 is 2.05 bits per heavy atom. The van der Waals surface area contributed by atoms with Gasteiger partial charge in [0.25, 0.3) is 0 Å². The van der Waals surface area contributed by atoms with Gasteiger partial charge in [0.15, 0.2) is 10.8 Å². The molecule has 0 atom stereocenters. The molecule has 3 rings (SSSR count). The van der Waals surface area contributed by atoms with Crippen LogP contribution in [0.15, 0.2) is 18.5 Å². The number of hydrogen-bond donors (Lipinski definition) is 1. The highest BCUT2D eigenvalue weighted by Crippen LogP contribution is 2.43. The van der Waals surface area contributed by atoms with E-state index in [2.05, 4.69) is 29.1 Å². The standard InChI is InChI=1S/C14H18N4S/c1-9(2)17-8-11-12(10-4-5-10)18-14(19-11)13-15-6-3-7-16-13/h3,6-7,9-10,17H,4-5,8H2,1-2H3. The molecule has 2 heterocycles. The van der Waals surface area contributed by atoms with E-state index in [4.69, 9.17) is 4.98 Å². The second-order valence-electron chi connectivity index (χ2n) is 5.21. The van der Waals surface area contributed by atoms with Gasteiger partial charge in [0.1, 0.15) is 0 Å². The Kier molecular flexibility index (Phi) is 3.57. The van der Waals surface area contributed by atoms with Crippen LogP contribution in [0.3, 0.4) is 0 Å². The fourth-order valence-electron chi connectivity index (χ4n) is 1.97. The Morgan fingerprint density at radius 3 is 2.68 bits per heavy atom. The lowest BCUT2D eigenvalue weighted by molar-refractivity contribution is 0.590. The zero-order valence-electron chi connectivity index (χ0n) is 11.3. The van der Waals surface area contributed by atoms with Gasteiger partial charge in [-0.25, -0.2) is 15.0 Å². The molecule has 100 valence electrons. The van der Waals surface area contributed by atoms with Crippen LogP contribution in [0.4, 0.5) is 0 Å². The van der Waals surface area contributed by atoms with Crippen molar-refractivity contribution in [2.24, 2.45) is 0 Å². The van der Waals surface area contributed by atoms with Crippen molar-refractivity contribution in [2.45, 2.75) is 45.2 Å². The second-order valence-corrected chi connectivity index (χ2v) is 6.29. The molecule has 0 spiro atoms. The Bertz CT molecular complexity index is 546. The molecular formula is C14H18N4S. The van der Waals surface area contributed by atoms with Crippen molar-refractivity contribution in [3.63, 3.8) is 0 Å². The van der Waals surface area contributed by atoms with E-state index in [1.54, 1.807) is 23.7 Å². The molecule has 1 saturated carbocycles. The summed E-state index contributed by atoms with van der Waals surface area (Å²) in [5.41, 5.74) is 1.26. The molecule has 1 aliphatic carbocycles. The first-order valence-corrected chi connectivity index (χ1v) is 7.56. The Morgan fingerprint density at radius 1 is 1.32 bits per heavy atom. The summed E-state index contributed by atoms with van der Waals surface area (Å²) < 4.78 is 0. The predicted molar refractivity (Wildman–Crippen MR) is 77.1 cm³/mol. The predicted octanol–water partition coefficient (Wildman–Crippen LogP) is 2.98. The third-order valence-electron chi connectivity index (χ3n) is 3.12. The first-order chi connectivity index (χ1) is 9.24. The van der Waals surface area contributed by atoms with Crippen molar-refractivity contribution < 1.29 is 0 Å². The summed E-state index contributed by atoms with van der Waals surface area (Å²) in [4.78, 5) is 14.7. The molecule has 0 unspecified atom stereocenters. The SMILES string of the molecule is CC(C)NCc1sc(-c2ncccn2)nc1C1CC1. The van der Waals surface area contributed by atoms with Crippen molar-refractivity contribution in [3.05, 3.63) is 29.0 Å². The summed E-state index contributed by atoms with van der Waals surface area (Å²) in [5.74, 6) is 1.41. The lowest BCUT2D eigenvalue weighted by Gasteiger charge is -2.06. The molecule has 2 aromatic heterocycles. The van der Waals surface area contributed by atoms with Gasteiger partial charge in [-0.2, -0.15) is 0 Å². The summed E-state index contributed by atoms with van der Waals surface area (Å²) in [7, 11) is 0. The van der Waals surface area contributed by atoms with Crippen LogP contribution in [0, 0.1) is 0 Å². The molecule has 0 radical (unpaired) electrons. The topological polar surface area (TPSA) is 50.7 Å². The van der Waals surface area contributed by atoms with Crippen molar-refractivity contribution in [1.82, 2.24) is 20.3 Å². The quantitative estimate of drug-likeness (QED) is 0.910. The van der Waals surface area contributed by atoms with Crippen LogP contribution in [0.1, 0.15) is 43.2 Å². The molecule has 0 aliphatic heterocycles. The van der Waals surface area contributed by atoms with Crippen molar-refractivity contribution in [2.75, 3.05) is 0 Å². The van der Waals surface area contributed by atoms with Gasteiger partial charge in [-0.1, -0.05) is 13.8 Å². The minimum Gasteiger partial charge on any atom is -0.310 e. The molecule has 0 bridgehead atoms. The third-order valence-corrected chi connectivity index (χ3v) is 4.19. The molecule has 19 heavy (non-hydrogen) atoms. The Labute approximate surface area is 117 Å². The Hall–Kier alpha value is -1.33. The van der Waals surface area contributed by atoms with Crippen LogP contribution in [0.25, 0.3) is 10.8 Å². The van der Waals surface area contributed by atoms with Gasteiger partial charge in [-0.15, -0.1) is 11.3 Å². The molecule has 1 fully saturated rings. The third kappa shape index (κ3) is 2.98. The highest BCUT2D eigenvalue weighted by Gasteiger charge is 2.30. The minimum absolute atomic E-state index is 0.491.